The number of ketones is 1. The van der Waals surface area contributed by atoms with Crippen LogP contribution in [0.2, 0.25) is 0 Å². The lowest BCUT2D eigenvalue weighted by Crippen LogP contribution is -2.55. The molecule has 4 atom stereocenters. The quantitative estimate of drug-likeness (QED) is 0.101. The first-order valence-electron chi connectivity index (χ1n) is 13.5. The smallest absolute Gasteiger partial charge is 0.312 e. The third-order valence-corrected chi connectivity index (χ3v) is 6.42. The summed E-state index contributed by atoms with van der Waals surface area (Å²) in [4.78, 5) is 74.4. The molecule has 0 heterocycles. The van der Waals surface area contributed by atoms with Crippen molar-refractivity contribution in [3.63, 3.8) is 0 Å². The number of ether oxygens (including phenoxy) is 1. The molecule has 0 bridgehead atoms. The zero-order valence-electron chi connectivity index (χ0n) is 23.7. The van der Waals surface area contributed by atoms with Gasteiger partial charge in [0.1, 0.15) is 12.6 Å². The lowest BCUT2D eigenvalue weighted by atomic mass is 9.90. The highest BCUT2D eigenvalue weighted by Crippen LogP contribution is 2.19. The number of benzene rings is 1. The molecule has 0 saturated heterocycles. The van der Waals surface area contributed by atoms with Gasteiger partial charge in [0.15, 0.2) is 0 Å². The van der Waals surface area contributed by atoms with E-state index in [0.29, 0.717) is 12.8 Å². The summed E-state index contributed by atoms with van der Waals surface area (Å²) >= 11 is 0. The molecule has 0 spiro atoms. The molecule has 1 unspecified atom stereocenters. The first-order valence-corrected chi connectivity index (χ1v) is 13.5. The van der Waals surface area contributed by atoms with Crippen molar-refractivity contribution in [2.75, 3.05) is 6.54 Å². The molecule has 1 rings (SSSR count). The number of rotatable bonds is 18. The first-order chi connectivity index (χ1) is 18.8. The van der Waals surface area contributed by atoms with Crippen molar-refractivity contribution in [3.8, 4) is 0 Å². The molecule has 0 aromatic heterocycles. The van der Waals surface area contributed by atoms with E-state index in [2.05, 4.69) is 16.0 Å². The number of nitrogens with one attached hydrogen (secondary N) is 3. The highest BCUT2D eigenvalue weighted by Gasteiger charge is 2.35. The van der Waals surface area contributed by atoms with Crippen LogP contribution in [-0.2, 0) is 35.3 Å². The number of nitrogens with two attached hydrogens (primary N) is 2. The summed E-state index contributed by atoms with van der Waals surface area (Å²) in [5, 5.41) is 7.35. The largest absolute Gasteiger partial charge is 0.461 e. The third kappa shape index (κ3) is 12.7. The molecular weight excluding hydrogens is 518 g/mol. The van der Waals surface area contributed by atoms with Crippen LogP contribution in [0.15, 0.2) is 30.3 Å². The summed E-state index contributed by atoms with van der Waals surface area (Å²) in [7, 11) is 0. The predicted octanol–water partition coefficient (Wildman–Crippen LogP) is 1.30. The summed E-state index contributed by atoms with van der Waals surface area (Å²) in [5.41, 5.74) is 11.2. The second-order valence-electron chi connectivity index (χ2n) is 10.3. The molecule has 40 heavy (non-hydrogen) atoms. The van der Waals surface area contributed by atoms with Crippen molar-refractivity contribution in [1.82, 2.24) is 16.0 Å². The van der Waals surface area contributed by atoms with E-state index in [1.165, 1.54) is 0 Å². The zero-order valence-corrected chi connectivity index (χ0v) is 23.7. The van der Waals surface area contributed by atoms with E-state index in [-0.39, 0.29) is 38.3 Å². The maximum Gasteiger partial charge on any atom is 0.312 e. The lowest BCUT2D eigenvalue weighted by molar-refractivity contribution is -0.149. The SMILES string of the molecule is CC[C@H](C)C(NC(=O)[C@@H](CC(=O)OCc1ccccc1)CC(C)C)C(=O)C(=O)N[C@@H](CCCNC(N)=O)C(N)=O. The molecule has 0 fully saturated rings. The first kappa shape index (κ1) is 34.1. The number of urea groups is 1. The van der Waals surface area contributed by atoms with E-state index in [0.717, 1.165) is 5.56 Å². The highest BCUT2D eigenvalue weighted by molar-refractivity contribution is 6.38. The third-order valence-electron chi connectivity index (χ3n) is 6.42. The Morgan fingerprint density at radius 1 is 0.950 bits per heavy atom. The molecule has 0 aliphatic rings. The number of hydrogen-bond donors (Lipinski definition) is 5. The monoisotopic (exact) mass is 561 g/mol. The van der Waals surface area contributed by atoms with Gasteiger partial charge >= 0.3 is 12.0 Å². The van der Waals surface area contributed by atoms with Crippen LogP contribution in [0.5, 0.6) is 0 Å². The van der Waals surface area contributed by atoms with E-state index < -0.39 is 59.4 Å². The van der Waals surface area contributed by atoms with Gasteiger partial charge in [0.05, 0.1) is 12.5 Å². The Morgan fingerprint density at radius 2 is 1.60 bits per heavy atom. The van der Waals surface area contributed by atoms with Gasteiger partial charge in [-0.25, -0.2) is 4.79 Å². The summed E-state index contributed by atoms with van der Waals surface area (Å²) in [6.45, 7) is 7.55. The minimum atomic E-state index is -1.18. The van der Waals surface area contributed by atoms with Gasteiger partial charge in [0.25, 0.3) is 5.91 Å². The maximum atomic E-state index is 13.3. The summed E-state index contributed by atoms with van der Waals surface area (Å²) in [6, 6.07) is 6.06. The van der Waals surface area contributed by atoms with Crippen LogP contribution in [0.1, 0.15) is 65.4 Å². The number of esters is 1. The van der Waals surface area contributed by atoms with E-state index in [9.17, 15) is 28.8 Å². The van der Waals surface area contributed by atoms with Crippen LogP contribution in [0.4, 0.5) is 4.79 Å². The average Bonchev–Trinajstić information content (AvgIpc) is 2.90. The fourth-order valence-corrected chi connectivity index (χ4v) is 4.00. The lowest BCUT2D eigenvalue weighted by Gasteiger charge is -2.26. The summed E-state index contributed by atoms with van der Waals surface area (Å²) in [6.07, 6.45) is 0.983. The van der Waals surface area contributed by atoms with Crippen molar-refractivity contribution in [1.29, 1.82) is 0 Å². The van der Waals surface area contributed by atoms with Gasteiger partial charge in [-0.3, -0.25) is 24.0 Å². The van der Waals surface area contributed by atoms with E-state index in [1.54, 1.807) is 13.8 Å². The number of carbonyl (C=O) groups excluding carboxylic acids is 6. The van der Waals surface area contributed by atoms with Gasteiger partial charge in [-0.05, 0) is 36.7 Å². The van der Waals surface area contributed by atoms with Crippen LogP contribution >= 0.6 is 0 Å². The van der Waals surface area contributed by atoms with Crippen molar-refractivity contribution in [2.45, 2.75) is 78.5 Å². The maximum absolute atomic E-state index is 13.3. The minimum Gasteiger partial charge on any atom is -0.461 e. The predicted molar refractivity (Wildman–Crippen MR) is 148 cm³/mol. The van der Waals surface area contributed by atoms with Gasteiger partial charge in [0.2, 0.25) is 17.6 Å². The van der Waals surface area contributed by atoms with E-state index in [1.807, 2.05) is 44.2 Å². The molecular formula is C28H43N5O7. The van der Waals surface area contributed by atoms with Crippen molar-refractivity contribution < 1.29 is 33.5 Å². The fourth-order valence-electron chi connectivity index (χ4n) is 4.00. The van der Waals surface area contributed by atoms with Crippen molar-refractivity contribution in [3.05, 3.63) is 35.9 Å². The number of primary amides is 2. The highest BCUT2D eigenvalue weighted by atomic mass is 16.5. The number of Topliss-reactive ketones (excluding diaryl/α,β-unsaturated/α-hetero) is 1. The molecule has 0 radical (unpaired) electrons. The van der Waals surface area contributed by atoms with Gasteiger partial charge in [-0.1, -0.05) is 64.4 Å². The van der Waals surface area contributed by atoms with Gasteiger partial charge < -0.3 is 32.2 Å². The number of amides is 5. The van der Waals surface area contributed by atoms with E-state index >= 15 is 0 Å². The molecule has 1 aromatic rings. The Hall–Kier alpha value is -3.96. The molecule has 5 amide bonds. The molecule has 1 aromatic carbocycles. The Bertz CT molecular complexity index is 1020. The zero-order chi connectivity index (χ0) is 30.2. The van der Waals surface area contributed by atoms with Crippen molar-refractivity contribution >= 4 is 35.5 Å². The minimum absolute atomic E-state index is 0.0660. The van der Waals surface area contributed by atoms with Crippen LogP contribution in [0, 0.1) is 17.8 Å². The molecule has 7 N–H and O–H groups in total. The van der Waals surface area contributed by atoms with Gasteiger partial charge in [-0.2, -0.15) is 0 Å². The van der Waals surface area contributed by atoms with Crippen LogP contribution < -0.4 is 27.4 Å². The Balaban J connectivity index is 2.91. The topological polar surface area (TPSA) is 200 Å². The Morgan fingerprint density at radius 3 is 2.15 bits per heavy atom. The van der Waals surface area contributed by atoms with Crippen molar-refractivity contribution in [2.24, 2.45) is 29.2 Å². The Kier molecular flexibility index (Phi) is 15.0. The second-order valence-corrected chi connectivity index (χ2v) is 10.3. The molecule has 12 nitrogen and oxygen atoms in total. The molecule has 0 saturated carbocycles. The molecule has 12 heteroatoms. The van der Waals surface area contributed by atoms with Crippen LogP contribution in [0.25, 0.3) is 0 Å². The van der Waals surface area contributed by atoms with Gasteiger partial charge in [0, 0.05) is 12.5 Å². The molecule has 0 aliphatic carbocycles. The van der Waals surface area contributed by atoms with E-state index in [4.69, 9.17) is 16.2 Å². The summed E-state index contributed by atoms with van der Waals surface area (Å²) in [5.74, 6) is -5.07. The van der Waals surface area contributed by atoms with Gasteiger partial charge in [-0.15, -0.1) is 0 Å². The summed E-state index contributed by atoms with van der Waals surface area (Å²) < 4.78 is 5.35. The average molecular weight is 562 g/mol. The Labute approximate surface area is 235 Å². The number of hydrogen-bond acceptors (Lipinski definition) is 7. The molecule has 222 valence electrons. The molecule has 0 aliphatic heterocycles. The number of carbonyl (C=O) groups is 6. The standard InChI is InChI=1S/C28H43N5O7/c1-5-18(4)23(24(35)27(38)32-21(25(29)36)12-9-13-31-28(30)39)33-26(37)20(14-17(2)3)15-22(34)40-16-19-10-7-6-8-11-19/h6-8,10-11,17-18,20-21,23H,5,9,12-16H2,1-4H3,(H2,29,36)(H,32,38)(H,33,37)(H3,30,31,39)/t18-,20+,21-,23?/m0/s1. The second kappa shape index (κ2) is 17.6. The normalized spacial score (nSPS) is 13.8. The van der Waals surface area contributed by atoms with Crippen LogP contribution in [-0.4, -0.2) is 54.1 Å². The van der Waals surface area contributed by atoms with Crippen LogP contribution in [0.3, 0.4) is 0 Å². The fraction of sp³-hybridized carbons (Fsp3) is 0.571.